The number of rotatable bonds is 5. The molecule has 0 aromatic heterocycles. The molecule has 0 unspecified atom stereocenters. The van der Waals surface area contributed by atoms with E-state index in [2.05, 4.69) is 5.32 Å². The average Bonchev–Trinajstić information content (AvgIpc) is 2.28. The van der Waals surface area contributed by atoms with Crippen molar-refractivity contribution in [3.05, 3.63) is 0 Å². The van der Waals surface area contributed by atoms with Crippen LogP contribution in [0.25, 0.3) is 0 Å². The third kappa shape index (κ3) is 5.51. The van der Waals surface area contributed by atoms with E-state index in [1.54, 1.807) is 20.8 Å². The molecule has 5 heteroatoms. The van der Waals surface area contributed by atoms with E-state index in [0.717, 1.165) is 12.8 Å². The Kier molecular flexibility index (Phi) is 5.83. The predicted octanol–water partition coefficient (Wildman–Crippen LogP) is 2.29. The van der Waals surface area contributed by atoms with Crippen LogP contribution in [0.3, 0.4) is 0 Å². The Balaban J connectivity index is 2.27. The topological polar surface area (TPSA) is 63.2 Å². The van der Waals surface area contributed by atoms with E-state index >= 15 is 0 Å². The van der Waals surface area contributed by atoms with Gasteiger partial charge in [-0.05, 0) is 39.5 Å². The zero-order chi connectivity index (χ0) is 14.5. The van der Waals surface area contributed by atoms with Gasteiger partial charge in [0, 0.05) is 13.0 Å². The van der Waals surface area contributed by atoms with Gasteiger partial charge in [-0.1, -0.05) is 19.3 Å². The Morgan fingerprint density at radius 1 is 1.16 bits per heavy atom. The normalized spacial score (nSPS) is 18.3. The smallest absolute Gasteiger partial charge is 0.220 e. The lowest BCUT2D eigenvalue weighted by molar-refractivity contribution is -0.122. The fourth-order valence-corrected chi connectivity index (χ4v) is 3.34. The minimum Gasteiger partial charge on any atom is -0.355 e. The lowest BCUT2D eigenvalue weighted by atomic mass is 9.87. The molecule has 0 bridgehead atoms. The monoisotopic (exact) mass is 289 g/mol. The maximum absolute atomic E-state index is 11.9. The van der Waals surface area contributed by atoms with Gasteiger partial charge >= 0.3 is 0 Å². The van der Waals surface area contributed by atoms with Crippen molar-refractivity contribution in [2.24, 2.45) is 5.92 Å². The van der Waals surface area contributed by atoms with Crippen molar-refractivity contribution < 1.29 is 13.2 Å². The Morgan fingerprint density at radius 2 is 1.74 bits per heavy atom. The van der Waals surface area contributed by atoms with Crippen LogP contribution in [0.4, 0.5) is 0 Å². The molecular weight excluding hydrogens is 262 g/mol. The average molecular weight is 289 g/mol. The highest BCUT2D eigenvalue weighted by molar-refractivity contribution is 7.92. The molecule has 0 aliphatic heterocycles. The lowest BCUT2D eigenvalue weighted by Gasteiger charge is -2.21. The summed E-state index contributed by atoms with van der Waals surface area (Å²) in [5.74, 6) is 0.511. The number of amides is 1. The number of hydrogen-bond donors (Lipinski definition) is 1. The van der Waals surface area contributed by atoms with E-state index in [4.69, 9.17) is 0 Å². The summed E-state index contributed by atoms with van der Waals surface area (Å²) in [7, 11) is -3.14. The molecule has 1 aliphatic rings. The van der Waals surface area contributed by atoms with E-state index < -0.39 is 14.6 Å². The zero-order valence-electron chi connectivity index (χ0n) is 12.4. The lowest BCUT2D eigenvalue weighted by Crippen LogP contribution is -2.37. The van der Waals surface area contributed by atoms with Crippen molar-refractivity contribution in [2.45, 2.75) is 64.0 Å². The van der Waals surface area contributed by atoms with Crippen LogP contribution in [-0.4, -0.2) is 31.4 Å². The highest BCUT2D eigenvalue weighted by Crippen LogP contribution is 2.26. The van der Waals surface area contributed by atoms with Gasteiger partial charge in [-0.15, -0.1) is 0 Å². The molecule has 0 atom stereocenters. The van der Waals surface area contributed by atoms with Crippen LogP contribution in [0.5, 0.6) is 0 Å². The van der Waals surface area contributed by atoms with E-state index in [1.165, 1.54) is 19.3 Å². The van der Waals surface area contributed by atoms with Gasteiger partial charge in [0.15, 0.2) is 9.84 Å². The molecule has 0 radical (unpaired) electrons. The van der Waals surface area contributed by atoms with Crippen molar-refractivity contribution in [2.75, 3.05) is 12.3 Å². The largest absolute Gasteiger partial charge is 0.355 e. The molecule has 1 amide bonds. The highest BCUT2D eigenvalue weighted by Gasteiger charge is 2.28. The Hall–Kier alpha value is -0.580. The summed E-state index contributed by atoms with van der Waals surface area (Å²) in [5, 5.41) is 2.74. The van der Waals surface area contributed by atoms with Gasteiger partial charge in [0.2, 0.25) is 5.91 Å². The molecule has 1 N–H and O–H groups in total. The number of sulfone groups is 1. The minimum atomic E-state index is -3.14. The summed E-state index contributed by atoms with van der Waals surface area (Å²) in [6.07, 6.45) is 6.53. The fourth-order valence-electron chi connectivity index (χ4n) is 2.36. The van der Waals surface area contributed by atoms with Crippen LogP contribution < -0.4 is 5.32 Å². The summed E-state index contributed by atoms with van der Waals surface area (Å²) in [6.45, 7) is 5.29. The van der Waals surface area contributed by atoms with Gasteiger partial charge in [0.05, 0.1) is 10.5 Å². The van der Waals surface area contributed by atoms with E-state index in [9.17, 15) is 13.2 Å². The fraction of sp³-hybridized carbons (Fsp3) is 0.929. The van der Waals surface area contributed by atoms with E-state index in [-0.39, 0.29) is 18.2 Å². The zero-order valence-corrected chi connectivity index (χ0v) is 13.2. The second-order valence-corrected chi connectivity index (χ2v) is 9.35. The van der Waals surface area contributed by atoms with Gasteiger partial charge in [-0.3, -0.25) is 4.79 Å². The second kappa shape index (κ2) is 6.73. The van der Waals surface area contributed by atoms with Crippen LogP contribution in [0.15, 0.2) is 0 Å². The number of carbonyl (C=O) groups excluding carboxylic acids is 1. The molecule has 0 aromatic rings. The third-order valence-electron chi connectivity index (χ3n) is 3.82. The first-order valence-corrected chi connectivity index (χ1v) is 8.86. The Bertz CT molecular complexity index is 389. The first-order chi connectivity index (χ1) is 8.72. The predicted molar refractivity (Wildman–Crippen MR) is 77.7 cm³/mol. The summed E-state index contributed by atoms with van der Waals surface area (Å²) in [5.41, 5.74) is 0. The molecular formula is C14H27NO3S. The standard InChI is InChI=1S/C14H27NO3S/c1-14(2,3)19(17,18)10-9-15-13(16)11-12-7-5-4-6-8-12/h12H,4-11H2,1-3H3,(H,15,16). The second-order valence-electron chi connectivity index (χ2n) is 6.49. The maximum atomic E-state index is 11.9. The van der Waals surface area contributed by atoms with Crippen molar-refractivity contribution in [3.63, 3.8) is 0 Å². The number of nitrogens with one attached hydrogen (secondary N) is 1. The molecule has 1 rings (SSSR count). The number of carbonyl (C=O) groups is 1. The highest BCUT2D eigenvalue weighted by atomic mass is 32.2. The SMILES string of the molecule is CC(C)(C)S(=O)(=O)CCNC(=O)CC1CCCCC1. The van der Waals surface area contributed by atoms with Gasteiger partial charge in [0.1, 0.15) is 0 Å². The summed E-state index contributed by atoms with van der Waals surface area (Å²) in [6, 6.07) is 0. The van der Waals surface area contributed by atoms with Crippen LogP contribution in [0.1, 0.15) is 59.3 Å². The summed E-state index contributed by atoms with van der Waals surface area (Å²) < 4.78 is 23.0. The molecule has 1 aliphatic carbocycles. The molecule has 1 fully saturated rings. The van der Waals surface area contributed by atoms with Gasteiger partial charge in [0.25, 0.3) is 0 Å². The number of hydrogen-bond acceptors (Lipinski definition) is 3. The molecule has 0 spiro atoms. The summed E-state index contributed by atoms with van der Waals surface area (Å²) >= 11 is 0. The van der Waals surface area contributed by atoms with Gasteiger partial charge in [-0.2, -0.15) is 0 Å². The molecule has 0 saturated heterocycles. The minimum absolute atomic E-state index is 0.00370. The van der Waals surface area contributed by atoms with Crippen LogP contribution in [-0.2, 0) is 14.6 Å². The molecule has 4 nitrogen and oxygen atoms in total. The first-order valence-electron chi connectivity index (χ1n) is 7.21. The van der Waals surface area contributed by atoms with Crippen molar-refractivity contribution in [1.82, 2.24) is 5.32 Å². The molecule has 0 aromatic carbocycles. The van der Waals surface area contributed by atoms with Crippen molar-refractivity contribution in [3.8, 4) is 0 Å². The van der Waals surface area contributed by atoms with Gasteiger partial charge in [-0.25, -0.2) is 8.42 Å². The van der Waals surface area contributed by atoms with Crippen molar-refractivity contribution >= 4 is 15.7 Å². The van der Waals surface area contributed by atoms with Crippen LogP contribution in [0.2, 0.25) is 0 Å². The van der Waals surface area contributed by atoms with Crippen LogP contribution >= 0.6 is 0 Å². The molecule has 19 heavy (non-hydrogen) atoms. The quantitative estimate of drug-likeness (QED) is 0.844. The van der Waals surface area contributed by atoms with E-state index in [1.807, 2.05) is 0 Å². The molecule has 0 heterocycles. The Morgan fingerprint density at radius 3 is 2.26 bits per heavy atom. The molecule has 112 valence electrons. The summed E-state index contributed by atoms with van der Waals surface area (Å²) in [4.78, 5) is 11.7. The first kappa shape index (κ1) is 16.5. The van der Waals surface area contributed by atoms with E-state index in [0.29, 0.717) is 12.3 Å². The van der Waals surface area contributed by atoms with Crippen molar-refractivity contribution in [1.29, 1.82) is 0 Å². The third-order valence-corrected chi connectivity index (χ3v) is 6.43. The molecule has 1 saturated carbocycles. The van der Waals surface area contributed by atoms with Crippen LogP contribution in [0, 0.1) is 5.92 Å². The van der Waals surface area contributed by atoms with Gasteiger partial charge < -0.3 is 5.32 Å². The maximum Gasteiger partial charge on any atom is 0.220 e. The Labute approximate surface area is 117 Å².